The van der Waals surface area contributed by atoms with Gasteiger partial charge in [0.25, 0.3) is 0 Å². The normalized spacial score (nSPS) is 10.6. The van der Waals surface area contributed by atoms with Crippen LogP contribution in [0.25, 0.3) is 6.08 Å². The summed E-state index contributed by atoms with van der Waals surface area (Å²) in [6, 6.07) is 14.9. The van der Waals surface area contributed by atoms with Crippen LogP contribution in [0.15, 0.2) is 54.6 Å². The second kappa shape index (κ2) is 8.10. The molecule has 4 nitrogen and oxygen atoms in total. The molecule has 2 aromatic carbocycles. The molecule has 0 fully saturated rings. The molecule has 0 atom stereocenters. The number of nitrogens with two attached hydrogens (primary N) is 1. The van der Waals surface area contributed by atoms with Gasteiger partial charge in [0.15, 0.2) is 0 Å². The standard InChI is InChI=1S/C17H17ClN2O2/c18-15-9-8-13(11-16(15)19)7-4-10-20-17(21)22-12-14-5-2-1-3-6-14/h1-9,11H,10,12,19H2,(H,20,21). The van der Waals surface area contributed by atoms with Gasteiger partial charge in [-0.05, 0) is 23.3 Å². The zero-order chi connectivity index (χ0) is 15.8. The van der Waals surface area contributed by atoms with E-state index in [4.69, 9.17) is 22.1 Å². The van der Waals surface area contributed by atoms with Crippen LogP contribution in [0.1, 0.15) is 11.1 Å². The van der Waals surface area contributed by atoms with E-state index in [0.717, 1.165) is 11.1 Å². The number of nitrogens with one attached hydrogen (secondary N) is 1. The topological polar surface area (TPSA) is 64.3 Å². The number of ether oxygens (including phenoxy) is 1. The Morgan fingerprint density at radius 3 is 2.73 bits per heavy atom. The van der Waals surface area contributed by atoms with Gasteiger partial charge in [0.2, 0.25) is 0 Å². The number of amides is 1. The second-order valence-corrected chi connectivity index (χ2v) is 5.03. The van der Waals surface area contributed by atoms with E-state index < -0.39 is 6.09 Å². The fraction of sp³-hybridized carbons (Fsp3) is 0.118. The molecule has 1 amide bonds. The number of nitrogen functional groups attached to an aromatic ring is 1. The van der Waals surface area contributed by atoms with Crippen LogP contribution in [0.2, 0.25) is 5.02 Å². The molecule has 0 bridgehead atoms. The van der Waals surface area contributed by atoms with Crippen LogP contribution in [0, 0.1) is 0 Å². The molecule has 0 aliphatic carbocycles. The Morgan fingerprint density at radius 1 is 1.23 bits per heavy atom. The molecular weight excluding hydrogens is 300 g/mol. The minimum absolute atomic E-state index is 0.254. The summed E-state index contributed by atoms with van der Waals surface area (Å²) in [6.45, 7) is 0.625. The van der Waals surface area contributed by atoms with Crippen molar-refractivity contribution in [2.24, 2.45) is 0 Å². The molecule has 5 heteroatoms. The number of benzene rings is 2. The maximum absolute atomic E-state index is 11.5. The van der Waals surface area contributed by atoms with Crippen LogP contribution in [-0.4, -0.2) is 12.6 Å². The highest BCUT2D eigenvalue weighted by atomic mass is 35.5. The van der Waals surface area contributed by atoms with Crippen molar-refractivity contribution < 1.29 is 9.53 Å². The molecule has 0 aliphatic rings. The highest BCUT2D eigenvalue weighted by molar-refractivity contribution is 6.33. The van der Waals surface area contributed by atoms with Crippen molar-refractivity contribution in [3.05, 3.63) is 70.8 Å². The Labute approximate surface area is 134 Å². The van der Waals surface area contributed by atoms with Crippen LogP contribution in [0.3, 0.4) is 0 Å². The van der Waals surface area contributed by atoms with E-state index in [1.807, 2.05) is 48.6 Å². The number of carbonyl (C=O) groups excluding carboxylic acids is 1. The third-order valence-corrected chi connectivity index (χ3v) is 3.25. The van der Waals surface area contributed by atoms with E-state index in [1.165, 1.54) is 0 Å². The maximum Gasteiger partial charge on any atom is 0.407 e. The monoisotopic (exact) mass is 316 g/mol. The lowest BCUT2D eigenvalue weighted by atomic mass is 10.2. The zero-order valence-corrected chi connectivity index (χ0v) is 12.7. The first-order chi connectivity index (χ1) is 10.6. The highest BCUT2D eigenvalue weighted by Crippen LogP contribution is 2.19. The summed E-state index contributed by atoms with van der Waals surface area (Å²) in [6.07, 6.45) is 3.21. The van der Waals surface area contributed by atoms with Crippen LogP contribution in [-0.2, 0) is 11.3 Å². The molecule has 0 saturated heterocycles. The Kier molecular flexibility index (Phi) is 5.86. The molecule has 0 radical (unpaired) electrons. The zero-order valence-electron chi connectivity index (χ0n) is 12.0. The first-order valence-corrected chi connectivity index (χ1v) is 7.19. The first kappa shape index (κ1) is 15.9. The van der Waals surface area contributed by atoms with Gasteiger partial charge >= 0.3 is 6.09 Å². The number of anilines is 1. The van der Waals surface area contributed by atoms with Crippen molar-refractivity contribution in [1.82, 2.24) is 5.32 Å². The lowest BCUT2D eigenvalue weighted by Crippen LogP contribution is -2.24. The van der Waals surface area contributed by atoms with Gasteiger partial charge in [0.05, 0.1) is 10.7 Å². The number of rotatable bonds is 5. The smallest absolute Gasteiger partial charge is 0.407 e. The van der Waals surface area contributed by atoms with Crippen LogP contribution < -0.4 is 11.1 Å². The molecule has 0 unspecified atom stereocenters. The van der Waals surface area contributed by atoms with Gasteiger partial charge in [-0.3, -0.25) is 0 Å². The lowest BCUT2D eigenvalue weighted by Gasteiger charge is -2.05. The van der Waals surface area contributed by atoms with E-state index in [2.05, 4.69) is 5.32 Å². The average molecular weight is 317 g/mol. The number of hydrogen-bond acceptors (Lipinski definition) is 3. The molecule has 2 rings (SSSR count). The van der Waals surface area contributed by atoms with Crippen molar-refractivity contribution in [3.8, 4) is 0 Å². The number of hydrogen-bond donors (Lipinski definition) is 2. The van der Waals surface area contributed by atoms with Gasteiger partial charge in [0, 0.05) is 6.54 Å². The van der Waals surface area contributed by atoms with Gasteiger partial charge in [-0.15, -0.1) is 0 Å². The van der Waals surface area contributed by atoms with Crippen molar-refractivity contribution in [3.63, 3.8) is 0 Å². The Hall–Kier alpha value is -2.46. The SMILES string of the molecule is Nc1cc(C=CCNC(=O)OCc2ccccc2)ccc1Cl. The predicted octanol–water partition coefficient (Wildman–Crippen LogP) is 3.86. The molecule has 0 spiro atoms. The van der Waals surface area contributed by atoms with Gasteiger partial charge < -0.3 is 15.8 Å². The molecule has 0 aliphatic heterocycles. The van der Waals surface area contributed by atoms with Gasteiger partial charge in [-0.2, -0.15) is 0 Å². The summed E-state index contributed by atoms with van der Waals surface area (Å²) < 4.78 is 5.09. The van der Waals surface area contributed by atoms with Crippen LogP contribution in [0.5, 0.6) is 0 Å². The summed E-state index contributed by atoms with van der Waals surface area (Å²) in [5.41, 5.74) is 8.11. The molecule has 2 aromatic rings. The quantitative estimate of drug-likeness (QED) is 0.823. The maximum atomic E-state index is 11.5. The van der Waals surface area contributed by atoms with Crippen molar-refractivity contribution >= 4 is 29.5 Å². The Bertz CT molecular complexity index is 657. The van der Waals surface area contributed by atoms with E-state index in [9.17, 15) is 4.79 Å². The first-order valence-electron chi connectivity index (χ1n) is 6.81. The highest BCUT2D eigenvalue weighted by Gasteiger charge is 2.00. The fourth-order valence-electron chi connectivity index (χ4n) is 1.78. The molecule has 0 heterocycles. The molecule has 114 valence electrons. The van der Waals surface area contributed by atoms with Crippen molar-refractivity contribution in [1.29, 1.82) is 0 Å². The third kappa shape index (κ3) is 5.14. The van der Waals surface area contributed by atoms with Crippen molar-refractivity contribution in [2.75, 3.05) is 12.3 Å². The van der Waals surface area contributed by atoms with Crippen molar-refractivity contribution in [2.45, 2.75) is 6.61 Å². The van der Waals surface area contributed by atoms with Crippen LogP contribution >= 0.6 is 11.6 Å². The average Bonchev–Trinajstić information content (AvgIpc) is 2.54. The second-order valence-electron chi connectivity index (χ2n) is 4.63. The van der Waals surface area contributed by atoms with Gasteiger partial charge in [-0.25, -0.2) is 4.79 Å². The minimum atomic E-state index is -0.455. The van der Waals surface area contributed by atoms with Gasteiger partial charge in [-0.1, -0.05) is 60.2 Å². The summed E-state index contributed by atoms with van der Waals surface area (Å²) in [4.78, 5) is 11.5. The molecule has 0 aromatic heterocycles. The molecule has 3 N–H and O–H groups in total. The van der Waals surface area contributed by atoms with E-state index >= 15 is 0 Å². The summed E-state index contributed by atoms with van der Waals surface area (Å²) in [5.74, 6) is 0. The molecule has 22 heavy (non-hydrogen) atoms. The largest absolute Gasteiger partial charge is 0.445 e. The van der Waals surface area contributed by atoms with E-state index in [0.29, 0.717) is 17.3 Å². The Morgan fingerprint density at radius 2 is 2.00 bits per heavy atom. The minimum Gasteiger partial charge on any atom is -0.445 e. The van der Waals surface area contributed by atoms with E-state index in [-0.39, 0.29) is 6.61 Å². The fourth-order valence-corrected chi connectivity index (χ4v) is 1.89. The molecular formula is C17H17ClN2O2. The summed E-state index contributed by atoms with van der Waals surface area (Å²) in [5, 5.41) is 3.17. The Balaban J connectivity index is 1.72. The summed E-state index contributed by atoms with van der Waals surface area (Å²) >= 11 is 5.85. The van der Waals surface area contributed by atoms with Gasteiger partial charge in [0.1, 0.15) is 6.61 Å². The number of carbonyl (C=O) groups is 1. The predicted molar refractivity (Wildman–Crippen MR) is 89.5 cm³/mol. The third-order valence-electron chi connectivity index (χ3n) is 2.91. The van der Waals surface area contributed by atoms with E-state index in [1.54, 1.807) is 12.1 Å². The molecule has 0 saturated carbocycles. The van der Waals surface area contributed by atoms with Crippen LogP contribution in [0.4, 0.5) is 10.5 Å². The number of halogens is 1. The summed E-state index contributed by atoms with van der Waals surface area (Å²) in [7, 11) is 0. The lowest BCUT2D eigenvalue weighted by molar-refractivity contribution is 0.141. The number of alkyl carbamates (subject to hydrolysis) is 1.